The van der Waals surface area contributed by atoms with Gasteiger partial charge in [-0.15, -0.1) is 0 Å². The Kier molecular flexibility index (Phi) is 11.7. The molecule has 0 bridgehead atoms. The number of unbranched alkanes of at least 4 members (excludes halogenated alkanes) is 8. The average Bonchev–Trinajstić information content (AvgIpc) is 2.50. The smallest absolute Gasteiger partial charge is 0.344 e. The summed E-state index contributed by atoms with van der Waals surface area (Å²) >= 11 is 0. The van der Waals surface area contributed by atoms with Crippen LogP contribution >= 0.6 is 0 Å². The quantitative estimate of drug-likeness (QED) is 0.376. The van der Waals surface area contributed by atoms with Gasteiger partial charge < -0.3 is 10.4 Å². The monoisotopic (exact) mass is 328 g/mol. The second-order valence-corrected chi connectivity index (χ2v) is 6.54. The fourth-order valence-electron chi connectivity index (χ4n) is 2.80. The van der Waals surface area contributed by atoms with Gasteiger partial charge in [0.15, 0.2) is 5.66 Å². The number of carboxylic acids is 1. The zero-order valence-corrected chi connectivity index (χ0v) is 15.5. The second-order valence-electron chi connectivity index (χ2n) is 6.54. The minimum absolute atomic E-state index is 0.175. The summed E-state index contributed by atoms with van der Waals surface area (Å²) < 4.78 is 0. The van der Waals surface area contributed by atoms with Crippen LogP contribution in [0.5, 0.6) is 0 Å². The lowest BCUT2D eigenvalue weighted by atomic mass is 10.0. The van der Waals surface area contributed by atoms with Gasteiger partial charge in [-0.2, -0.15) is 0 Å². The normalized spacial score (nSPS) is 13.8. The number of amides is 1. The molecule has 0 rings (SSSR count). The molecule has 0 radical (unpaired) electrons. The van der Waals surface area contributed by atoms with Crippen molar-refractivity contribution in [3.05, 3.63) is 0 Å². The number of carbonyl (C=O) groups excluding carboxylic acids is 1. The van der Waals surface area contributed by atoms with Gasteiger partial charge in [0.2, 0.25) is 5.91 Å². The zero-order valence-electron chi connectivity index (χ0n) is 15.5. The Bertz CT molecular complexity index is 345. The van der Waals surface area contributed by atoms with Crippen LogP contribution in [0.1, 0.15) is 84.5 Å². The first-order chi connectivity index (χ1) is 10.9. The lowest BCUT2D eigenvalue weighted by Crippen LogP contribution is -2.62. The van der Waals surface area contributed by atoms with E-state index in [1.54, 1.807) is 25.9 Å². The van der Waals surface area contributed by atoms with E-state index in [2.05, 4.69) is 12.2 Å². The van der Waals surface area contributed by atoms with Crippen molar-refractivity contribution in [2.45, 2.75) is 90.1 Å². The summed E-state index contributed by atoms with van der Waals surface area (Å²) in [6, 6.07) is 0. The molecular formula is C18H36N2O3. The van der Waals surface area contributed by atoms with Crippen LogP contribution in [0, 0.1) is 0 Å². The van der Waals surface area contributed by atoms with Gasteiger partial charge in [-0.1, -0.05) is 65.2 Å². The summed E-state index contributed by atoms with van der Waals surface area (Å²) in [4.78, 5) is 25.1. The molecule has 2 N–H and O–H groups in total. The molecule has 1 unspecified atom stereocenters. The van der Waals surface area contributed by atoms with Gasteiger partial charge in [-0.25, -0.2) is 4.79 Å². The molecule has 5 heteroatoms. The predicted molar refractivity (Wildman–Crippen MR) is 94.3 cm³/mol. The molecule has 0 saturated carbocycles. The molecule has 0 saturated heterocycles. The molecule has 0 aliphatic heterocycles. The maximum Gasteiger partial charge on any atom is 0.344 e. The molecule has 0 spiro atoms. The number of carboxylic acid groups (broad SMARTS) is 1. The highest BCUT2D eigenvalue weighted by Gasteiger charge is 2.40. The number of hydrogen-bond donors (Lipinski definition) is 2. The summed E-state index contributed by atoms with van der Waals surface area (Å²) in [5.41, 5.74) is -1.30. The molecule has 0 aliphatic carbocycles. The van der Waals surface area contributed by atoms with Crippen LogP contribution in [0.3, 0.4) is 0 Å². The zero-order chi connectivity index (χ0) is 17.7. The Morgan fingerprint density at radius 2 is 1.39 bits per heavy atom. The third-order valence-electron chi connectivity index (χ3n) is 4.48. The highest BCUT2D eigenvalue weighted by atomic mass is 16.4. The number of carbonyl (C=O) groups is 2. The lowest BCUT2D eigenvalue weighted by Gasteiger charge is -2.35. The van der Waals surface area contributed by atoms with E-state index < -0.39 is 11.6 Å². The van der Waals surface area contributed by atoms with Crippen molar-refractivity contribution in [1.29, 1.82) is 0 Å². The minimum atomic E-state index is -1.30. The molecule has 1 amide bonds. The van der Waals surface area contributed by atoms with E-state index in [-0.39, 0.29) is 5.91 Å². The highest BCUT2D eigenvalue weighted by Crippen LogP contribution is 2.15. The van der Waals surface area contributed by atoms with Crippen LogP contribution in [-0.4, -0.2) is 41.6 Å². The first-order valence-electron chi connectivity index (χ1n) is 9.12. The maximum absolute atomic E-state index is 12.0. The third-order valence-corrected chi connectivity index (χ3v) is 4.48. The highest BCUT2D eigenvalue weighted by molar-refractivity contribution is 5.86. The summed E-state index contributed by atoms with van der Waals surface area (Å²) in [5.74, 6) is -1.18. The largest absolute Gasteiger partial charge is 0.478 e. The molecule has 0 aromatic carbocycles. The van der Waals surface area contributed by atoms with Crippen molar-refractivity contribution in [3.8, 4) is 0 Å². The minimum Gasteiger partial charge on any atom is -0.478 e. The van der Waals surface area contributed by atoms with Gasteiger partial charge in [0.1, 0.15) is 0 Å². The first-order valence-corrected chi connectivity index (χ1v) is 9.12. The van der Waals surface area contributed by atoms with Crippen molar-refractivity contribution < 1.29 is 14.7 Å². The van der Waals surface area contributed by atoms with E-state index in [1.165, 1.54) is 38.5 Å². The van der Waals surface area contributed by atoms with E-state index in [1.807, 2.05) is 0 Å². The van der Waals surface area contributed by atoms with E-state index in [4.69, 9.17) is 0 Å². The number of rotatable bonds is 14. The molecular weight excluding hydrogens is 292 g/mol. The molecule has 0 aliphatic rings. The molecule has 136 valence electrons. The number of likely N-dealkylation sites (N-methyl/N-ethyl adjacent to an activating group) is 1. The molecule has 23 heavy (non-hydrogen) atoms. The van der Waals surface area contributed by atoms with Crippen molar-refractivity contribution >= 4 is 11.9 Å². The third kappa shape index (κ3) is 8.35. The Balaban J connectivity index is 3.91. The topological polar surface area (TPSA) is 69.6 Å². The average molecular weight is 328 g/mol. The van der Waals surface area contributed by atoms with Crippen molar-refractivity contribution in [2.75, 3.05) is 14.1 Å². The van der Waals surface area contributed by atoms with Crippen molar-refractivity contribution in [3.63, 3.8) is 0 Å². The van der Waals surface area contributed by atoms with Gasteiger partial charge >= 0.3 is 5.97 Å². The molecule has 0 aromatic heterocycles. The van der Waals surface area contributed by atoms with E-state index in [9.17, 15) is 14.7 Å². The summed E-state index contributed by atoms with van der Waals surface area (Å²) in [5, 5.41) is 12.1. The Morgan fingerprint density at radius 3 is 1.78 bits per heavy atom. The van der Waals surface area contributed by atoms with Crippen LogP contribution in [0.15, 0.2) is 0 Å². The van der Waals surface area contributed by atoms with Crippen LogP contribution in [-0.2, 0) is 9.59 Å². The molecule has 1 atom stereocenters. The van der Waals surface area contributed by atoms with Gasteiger partial charge in [-0.05, 0) is 26.9 Å². The second kappa shape index (κ2) is 12.3. The van der Waals surface area contributed by atoms with Crippen LogP contribution in [0.4, 0.5) is 0 Å². The van der Waals surface area contributed by atoms with Gasteiger partial charge in [0, 0.05) is 6.42 Å². The number of nitrogens with zero attached hydrogens (tertiary/aromatic N) is 1. The number of nitrogens with one attached hydrogen (secondary N) is 1. The standard InChI is InChI=1S/C18H36N2O3/c1-5-7-8-9-10-11-12-13-14-15-16(21)19-18(6-2,17(22)23)20(3)4/h5-15H2,1-4H3,(H,19,21)(H,22,23). The fraction of sp³-hybridized carbons (Fsp3) is 0.889. The SMILES string of the molecule is CCCCCCCCCCCC(=O)NC(CC)(C(=O)O)N(C)C. The first kappa shape index (κ1) is 21.9. The van der Waals surface area contributed by atoms with Crippen molar-refractivity contribution in [2.24, 2.45) is 0 Å². The van der Waals surface area contributed by atoms with E-state index >= 15 is 0 Å². The predicted octanol–water partition coefficient (Wildman–Crippen LogP) is 3.78. The van der Waals surface area contributed by atoms with Gasteiger partial charge in [0.05, 0.1) is 0 Å². The molecule has 0 heterocycles. The summed E-state index contributed by atoms with van der Waals surface area (Å²) in [6.45, 7) is 3.99. The number of hydrogen-bond acceptors (Lipinski definition) is 3. The summed E-state index contributed by atoms with van der Waals surface area (Å²) in [6.07, 6.45) is 11.5. The molecule has 5 nitrogen and oxygen atoms in total. The van der Waals surface area contributed by atoms with Crippen LogP contribution in [0.2, 0.25) is 0 Å². The van der Waals surface area contributed by atoms with Gasteiger partial charge in [0.25, 0.3) is 0 Å². The van der Waals surface area contributed by atoms with Gasteiger partial charge in [-0.3, -0.25) is 9.69 Å². The van der Waals surface area contributed by atoms with Crippen LogP contribution < -0.4 is 5.32 Å². The number of aliphatic carboxylic acids is 1. The fourth-order valence-corrected chi connectivity index (χ4v) is 2.80. The summed E-state index contributed by atoms with van der Waals surface area (Å²) in [7, 11) is 3.35. The molecule has 0 fully saturated rings. The lowest BCUT2D eigenvalue weighted by molar-refractivity contribution is -0.156. The maximum atomic E-state index is 12.0. The molecule has 0 aromatic rings. The Morgan fingerprint density at radius 1 is 0.913 bits per heavy atom. The van der Waals surface area contributed by atoms with E-state index in [0.717, 1.165) is 19.3 Å². The van der Waals surface area contributed by atoms with Crippen molar-refractivity contribution in [1.82, 2.24) is 10.2 Å². The van der Waals surface area contributed by atoms with E-state index in [0.29, 0.717) is 12.8 Å². The Labute approximate surface area is 141 Å². The Hall–Kier alpha value is -1.10. The van der Waals surface area contributed by atoms with Crippen LogP contribution in [0.25, 0.3) is 0 Å².